The van der Waals surface area contributed by atoms with Crippen LogP contribution in [0.5, 0.6) is 11.5 Å². The van der Waals surface area contributed by atoms with Gasteiger partial charge in [0, 0.05) is 13.6 Å². The number of methoxy groups -OCH3 is 1. The second-order valence-corrected chi connectivity index (χ2v) is 2.82. The first-order valence-electron chi connectivity index (χ1n) is 3.89. The number of phenolic OH excluding ortho intramolecular Hbond substituents is 1. The summed E-state index contributed by atoms with van der Waals surface area (Å²) in [4.78, 5) is 0. The normalized spacial score (nSPS) is 10.5. The number of benzene rings is 1. The third-order valence-electron chi connectivity index (χ3n) is 1.65. The van der Waals surface area contributed by atoms with Crippen molar-refractivity contribution in [3.63, 3.8) is 0 Å². The lowest BCUT2D eigenvalue weighted by Gasteiger charge is -2.09. The van der Waals surface area contributed by atoms with Crippen LogP contribution in [0.1, 0.15) is 5.56 Å². The highest BCUT2D eigenvalue weighted by Gasteiger charge is 2.03. The van der Waals surface area contributed by atoms with Gasteiger partial charge >= 0.3 is 0 Å². The molecule has 0 aliphatic rings. The minimum atomic E-state index is 0.0850. The van der Waals surface area contributed by atoms with E-state index < -0.39 is 0 Å². The van der Waals surface area contributed by atoms with Crippen LogP contribution in [0.2, 0.25) is 0 Å². The number of hydrogen-bond acceptors (Lipinski definition) is 4. The van der Waals surface area contributed by atoms with Gasteiger partial charge in [0.1, 0.15) is 0 Å². The summed E-state index contributed by atoms with van der Waals surface area (Å²) in [7, 11) is 3.04. The quantitative estimate of drug-likeness (QED) is 0.692. The third-order valence-corrected chi connectivity index (χ3v) is 1.65. The molecule has 0 heterocycles. The summed E-state index contributed by atoms with van der Waals surface area (Å²) in [5.74, 6) is 0.520. The van der Waals surface area contributed by atoms with E-state index in [4.69, 9.17) is 9.94 Å². The van der Waals surface area contributed by atoms with E-state index in [2.05, 4.69) is 0 Å². The Labute approximate surface area is 76.9 Å². The second kappa shape index (κ2) is 4.11. The van der Waals surface area contributed by atoms with Crippen molar-refractivity contribution in [1.29, 1.82) is 0 Å². The fraction of sp³-hybridized carbons (Fsp3) is 0.333. The Morgan fingerprint density at radius 2 is 2.15 bits per heavy atom. The molecule has 0 aromatic heterocycles. The van der Waals surface area contributed by atoms with Gasteiger partial charge in [0.15, 0.2) is 11.5 Å². The van der Waals surface area contributed by atoms with E-state index in [9.17, 15) is 5.11 Å². The fourth-order valence-electron chi connectivity index (χ4n) is 1.10. The average Bonchev–Trinajstić information content (AvgIpc) is 2.03. The lowest BCUT2D eigenvalue weighted by atomic mass is 10.2. The van der Waals surface area contributed by atoms with Crippen molar-refractivity contribution < 1.29 is 15.1 Å². The molecule has 0 aliphatic carbocycles. The van der Waals surface area contributed by atoms with Gasteiger partial charge in [-0.25, -0.2) is 0 Å². The second-order valence-electron chi connectivity index (χ2n) is 2.82. The number of phenols is 1. The third kappa shape index (κ3) is 2.61. The molecule has 0 unspecified atom stereocenters. The van der Waals surface area contributed by atoms with Gasteiger partial charge in [-0.1, -0.05) is 6.07 Å². The number of aromatic hydroxyl groups is 1. The van der Waals surface area contributed by atoms with Crippen molar-refractivity contribution in [3.8, 4) is 11.5 Å². The minimum absolute atomic E-state index is 0.0850. The molecule has 0 atom stereocenters. The van der Waals surface area contributed by atoms with Crippen molar-refractivity contribution in [2.45, 2.75) is 6.54 Å². The predicted molar refractivity (Wildman–Crippen MR) is 47.9 cm³/mol. The highest BCUT2D eigenvalue weighted by molar-refractivity contribution is 5.41. The maximum atomic E-state index is 9.38. The lowest BCUT2D eigenvalue weighted by Crippen LogP contribution is -2.11. The van der Waals surface area contributed by atoms with Crippen molar-refractivity contribution in [3.05, 3.63) is 23.8 Å². The Morgan fingerprint density at radius 3 is 2.62 bits per heavy atom. The number of hydroxylamine groups is 2. The largest absolute Gasteiger partial charge is 0.504 e. The zero-order chi connectivity index (χ0) is 9.84. The van der Waals surface area contributed by atoms with E-state index in [-0.39, 0.29) is 5.75 Å². The molecule has 0 saturated carbocycles. The van der Waals surface area contributed by atoms with Crippen molar-refractivity contribution >= 4 is 0 Å². The minimum Gasteiger partial charge on any atom is -0.504 e. The van der Waals surface area contributed by atoms with E-state index in [0.29, 0.717) is 12.3 Å². The summed E-state index contributed by atoms with van der Waals surface area (Å²) in [5, 5.41) is 19.4. The molecule has 0 spiro atoms. The highest BCUT2D eigenvalue weighted by Crippen LogP contribution is 2.26. The van der Waals surface area contributed by atoms with Crippen molar-refractivity contribution in [1.82, 2.24) is 5.06 Å². The van der Waals surface area contributed by atoms with E-state index in [1.54, 1.807) is 25.2 Å². The molecular weight excluding hydrogens is 170 g/mol. The Kier molecular flexibility index (Phi) is 3.11. The Balaban J connectivity index is 2.83. The van der Waals surface area contributed by atoms with Gasteiger partial charge in [-0.05, 0) is 17.7 Å². The molecule has 1 aromatic carbocycles. The zero-order valence-electron chi connectivity index (χ0n) is 7.69. The van der Waals surface area contributed by atoms with Crippen LogP contribution < -0.4 is 4.74 Å². The van der Waals surface area contributed by atoms with Gasteiger partial charge < -0.3 is 15.1 Å². The first-order chi connectivity index (χ1) is 6.13. The predicted octanol–water partition coefficient (Wildman–Crippen LogP) is 1.22. The summed E-state index contributed by atoms with van der Waals surface area (Å²) in [6.45, 7) is 0.373. The van der Waals surface area contributed by atoms with Gasteiger partial charge in [-0.2, -0.15) is 5.06 Å². The molecule has 0 fully saturated rings. The zero-order valence-corrected chi connectivity index (χ0v) is 7.69. The van der Waals surface area contributed by atoms with E-state index in [1.165, 1.54) is 7.11 Å². The molecule has 0 radical (unpaired) electrons. The summed E-state index contributed by atoms with van der Waals surface area (Å²) in [5.41, 5.74) is 0.823. The van der Waals surface area contributed by atoms with Crippen LogP contribution in [0.4, 0.5) is 0 Å². The highest BCUT2D eigenvalue weighted by atomic mass is 16.5. The summed E-state index contributed by atoms with van der Waals surface area (Å²) in [6, 6.07) is 5.00. The Morgan fingerprint density at radius 1 is 1.46 bits per heavy atom. The smallest absolute Gasteiger partial charge is 0.160 e. The molecule has 1 rings (SSSR count). The summed E-state index contributed by atoms with van der Waals surface area (Å²) < 4.78 is 4.88. The topological polar surface area (TPSA) is 52.9 Å². The Bertz CT molecular complexity index is 286. The lowest BCUT2D eigenvalue weighted by molar-refractivity contribution is -0.0731. The molecule has 0 aliphatic heterocycles. The van der Waals surface area contributed by atoms with Gasteiger partial charge in [0.2, 0.25) is 0 Å². The number of hydrogen-bond donors (Lipinski definition) is 2. The number of nitrogens with zero attached hydrogens (tertiary/aromatic N) is 1. The summed E-state index contributed by atoms with van der Waals surface area (Å²) >= 11 is 0. The van der Waals surface area contributed by atoms with Crippen LogP contribution in [0.3, 0.4) is 0 Å². The van der Waals surface area contributed by atoms with Gasteiger partial charge in [-0.15, -0.1) is 0 Å². The first kappa shape index (κ1) is 9.83. The molecule has 0 amide bonds. The number of ether oxygens (including phenoxy) is 1. The van der Waals surface area contributed by atoms with E-state index in [1.807, 2.05) is 0 Å². The van der Waals surface area contributed by atoms with Crippen LogP contribution in [-0.4, -0.2) is 29.5 Å². The first-order valence-corrected chi connectivity index (χ1v) is 3.89. The van der Waals surface area contributed by atoms with Crippen LogP contribution in [0.15, 0.2) is 18.2 Å². The number of rotatable bonds is 3. The monoisotopic (exact) mass is 183 g/mol. The molecule has 2 N–H and O–H groups in total. The van der Waals surface area contributed by atoms with Crippen molar-refractivity contribution in [2.24, 2.45) is 0 Å². The van der Waals surface area contributed by atoms with E-state index in [0.717, 1.165) is 10.6 Å². The molecule has 4 heteroatoms. The molecular formula is C9H13NO3. The van der Waals surface area contributed by atoms with Crippen LogP contribution in [-0.2, 0) is 6.54 Å². The maximum absolute atomic E-state index is 9.38. The summed E-state index contributed by atoms with van der Waals surface area (Å²) in [6.07, 6.45) is 0. The molecule has 72 valence electrons. The maximum Gasteiger partial charge on any atom is 0.160 e. The molecule has 13 heavy (non-hydrogen) atoms. The fourth-order valence-corrected chi connectivity index (χ4v) is 1.10. The van der Waals surface area contributed by atoms with Gasteiger partial charge in [-0.3, -0.25) is 0 Å². The standard InChI is InChI=1S/C9H13NO3/c1-10(12)6-7-3-4-9(13-2)8(11)5-7/h3-5,11-12H,6H2,1-2H3. The molecule has 0 bridgehead atoms. The SMILES string of the molecule is COc1ccc(CN(C)O)cc1O. The molecule has 1 aromatic rings. The van der Waals surface area contributed by atoms with E-state index >= 15 is 0 Å². The van der Waals surface area contributed by atoms with Crippen LogP contribution in [0.25, 0.3) is 0 Å². The average molecular weight is 183 g/mol. The van der Waals surface area contributed by atoms with Crippen LogP contribution in [0, 0.1) is 0 Å². The van der Waals surface area contributed by atoms with Gasteiger partial charge in [0.05, 0.1) is 7.11 Å². The van der Waals surface area contributed by atoms with Crippen molar-refractivity contribution in [2.75, 3.05) is 14.2 Å². The van der Waals surface area contributed by atoms with Crippen LogP contribution >= 0.6 is 0 Å². The molecule has 0 saturated heterocycles. The molecule has 4 nitrogen and oxygen atoms in total. The van der Waals surface area contributed by atoms with Gasteiger partial charge in [0.25, 0.3) is 0 Å². The Hall–Kier alpha value is -1.26.